The number of amides is 1. The molecule has 6 nitrogen and oxygen atoms in total. The molecule has 1 fully saturated rings. The Morgan fingerprint density at radius 2 is 1.62 bits per heavy atom. The summed E-state index contributed by atoms with van der Waals surface area (Å²) in [5, 5.41) is 2.69. The Kier molecular flexibility index (Phi) is 7.78. The highest BCUT2D eigenvalue weighted by Crippen LogP contribution is 2.30. The molecule has 2 aromatic rings. The Morgan fingerprint density at radius 3 is 2.22 bits per heavy atom. The first-order chi connectivity index (χ1) is 15.2. The van der Waals surface area contributed by atoms with Gasteiger partial charge in [-0.05, 0) is 61.2 Å². The van der Waals surface area contributed by atoms with Gasteiger partial charge < -0.3 is 10.1 Å². The molecule has 1 amide bonds. The van der Waals surface area contributed by atoms with E-state index in [0.29, 0.717) is 19.5 Å². The number of ether oxygens (including phenoxy) is 1. The van der Waals surface area contributed by atoms with Crippen molar-refractivity contribution in [2.75, 3.05) is 26.2 Å². The number of carbonyl (C=O) groups is 1. The van der Waals surface area contributed by atoms with Crippen LogP contribution >= 0.6 is 0 Å². The van der Waals surface area contributed by atoms with Crippen LogP contribution in [0.4, 0.5) is 13.2 Å². The molecule has 1 aliphatic heterocycles. The highest BCUT2D eigenvalue weighted by atomic mass is 32.2. The van der Waals surface area contributed by atoms with E-state index in [2.05, 4.69) is 5.32 Å². The van der Waals surface area contributed by atoms with Gasteiger partial charge >= 0.3 is 6.18 Å². The molecule has 0 radical (unpaired) electrons. The maximum absolute atomic E-state index is 12.5. The molecule has 0 unspecified atom stereocenters. The summed E-state index contributed by atoms with van der Waals surface area (Å²) < 4.78 is 69.4. The van der Waals surface area contributed by atoms with Gasteiger partial charge in [0.05, 0.1) is 17.0 Å². The molecule has 0 aromatic heterocycles. The first-order valence-electron chi connectivity index (χ1n) is 10.3. The van der Waals surface area contributed by atoms with Gasteiger partial charge in [0, 0.05) is 19.5 Å². The van der Waals surface area contributed by atoms with Crippen molar-refractivity contribution in [1.29, 1.82) is 0 Å². The van der Waals surface area contributed by atoms with E-state index in [0.717, 1.165) is 30.5 Å². The lowest BCUT2D eigenvalue weighted by Gasteiger charge is -2.15. The lowest BCUT2D eigenvalue weighted by atomic mass is 10.1. The van der Waals surface area contributed by atoms with E-state index in [1.807, 2.05) is 0 Å². The van der Waals surface area contributed by atoms with Crippen LogP contribution in [0.25, 0.3) is 0 Å². The second-order valence-electron chi connectivity index (χ2n) is 7.48. The molecule has 1 saturated heterocycles. The van der Waals surface area contributed by atoms with Crippen molar-refractivity contribution in [1.82, 2.24) is 9.62 Å². The van der Waals surface area contributed by atoms with Gasteiger partial charge in [-0.15, -0.1) is 0 Å². The number of benzene rings is 2. The van der Waals surface area contributed by atoms with Gasteiger partial charge in [-0.2, -0.15) is 17.5 Å². The highest BCUT2D eigenvalue weighted by molar-refractivity contribution is 7.89. The molecule has 10 heteroatoms. The van der Waals surface area contributed by atoms with Crippen molar-refractivity contribution in [3.63, 3.8) is 0 Å². The van der Waals surface area contributed by atoms with Gasteiger partial charge in [0.2, 0.25) is 15.9 Å². The predicted octanol–water partition coefficient (Wildman–Crippen LogP) is 3.62. The minimum absolute atomic E-state index is 0.125. The van der Waals surface area contributed by atoms with Gasteiger partial charge in [-0.25, -0.2) is 8.42 Å². The number of sulfonamides is 1. The normalized spacial score (nSPS) is 15.0. The fraction of sp³-hybridized carbons (Fsp3) is 0.409. The third-order valence-electron chi connectivity index (χ3n) is 5.14. The van der Waals surface area contributed by atoms with Gasteiger partial charge in [-0.1, -0.05) is 12.1 Å². The van der Waals surface area contributed by atoms with E-state index >= 15 is 0 Å². The summed E-state index contributed by atoms with van der Waals surface area (Å²) in [5.41, 5.74) is 0.0985. The van der Waals surface area contributed by atoms with Crippen molar-refractivity contribution < 1.29 is 31.1 Å². The average molecular weight is 471 g/mol. The molecule has 0 saturated carbocycles. The molecule has 0 spiro atoms. The molecule has 2 aromatic carbocycles. The fourth-order valence-corrected chi connectivity index (χ4v) is 4.87. The van der Waals surface area contributed by atoms with E-state index in [-0.39, 0.29) is 36.1 Å². The maximum Gasteiger partial charge on any atom is 0.416 e. The number of carbonyl (C=O) groups excluding carboxylic acids is 1. The number of nitrogens with one attached hydrogen (secondary N) is 1. The second kappa shape index (κ2) is 10.4. The van der Waals surface area contributed by atoms with E-state index in [1.165, 1.54) is 16.4 Å². The number of aryl methyl sites for hydroxylation is 1. The Bertz CT molecular complexity index is 1000. The molecule has 0 bridgehead atoms. The van der Waals surface area contributed by atoms with Crippen molar-refractivity contribution in [2.24, 2.45) is 0 Å². The summed E-state index contributed by atoms with van der Waals surface area (Å²) >= 11 is 0. The number of hydrogen-bond donors (Lipinski definition) is 1. The van der Waals surface area contributed by atoms with Crippen LogP contribution in [0.2, 0.25) is 0 Å². The predicted molar refractivity (Wildman–Crippen MR) is 113 cm³/mol. The first-order valence-corrected chi connectivity index (χ1v) is 11.8. The summed E-state index contributed by atoms with van der Waals surface area (Å²) in [6.07, 6.45) is -1.97. The largest absolute Gasteiger partial charge is 0.492 e. The van der Waals surface area contributed by atoms with Gasteiger partial charge in [-0.3, -0.25) is 4.79 Å². The summed E-state index contributed by atoms with van der Waals surface area (Å²) in [4.78, 5) is 12.2. The summed E-state index contributed by atoms with van der Waals surface area (Å²) in [5.74, 6) is 0.0889. The standard InChI is InChI=1S/C22H25F3N2O4S/c23-22(24,25)18-6-8-19(9-7-18)31-16-13-26-21(28)12-5-17-3-10-20(11-4-17)32(29,30)27-14-1-2-15-27/h3-4,6-11H,1-2,5,12-16H2,(H,26,28). The number of hydrogen-bond acceptors (Lipinski definition) is 4. The highest BCUT2D eigenvalue weighted by Gasteiger charge is 2.30. The van der Waals surface area contributed by atoms with Crippen LogP contribution in [0.15, 0.2) is 53.4 Å². The molecule has 32 heavy (non-hydrogen) atoms. The zero-order valence-corrected chi connectivity index (χ0v) is 18.2. The number of alkyl halides is 3. The Balaban J connectivity index is 1.37. The van der Waals surface area contributed by atoms with Gasteiger partial charge in [0.1, 0.15) is 12.4 Å². The molecular formula is C22H25F3N2O4S. The van der Waals surface area contributed by atoms with Crippen LogP contribution in [-0.4, -0.2) is 44.9 Å². The molecule has 1 aliphatic rings. The number of nitrogens with zero attached hydrogens (tertiary/aromatic N) is 1. The van der Waals surface area contributed by atoms with Gasteiger partial charge in [0.25, 0.3) is 0 Å². The SMILES string of the molecule is O=C(CCc1ccc(S(=O)(=O)N2CCCC2)cc1)NCCOc1ccc(C(F)(F)F)cc1. The summed E-state index contributed by atoms with van der Waals surface area (Å²) in [6, 6.07) is 10.9. The topological polar surface area (TPSA) is 75.7 Å². The molecule has 1 heterocycles. The van der Waals surface area contributed by atoms with Gasteiger partial charge in [0.15, 0.2) is 0 Å². The summed E-state index contributed by atoms with van der Waals surface area (Å²) in [6.45, 7) is 1.44. The number of rotatable bonds is 9. The van der Waals surface area contributed by atoms with E-state index in [4.69, 9.17) is 4.74 Å². The Labute approximate surface area is 185 Å². The van der Waals surface area contributed by atoms with Crippen LogP contribution in [0.5, 0.6) is 5.75 Å². The zero-order chi connectivity index (χ0) is 23.2. The van der Waals surface area contributed by atoms with Crippen molar-refractivity contribution >= 4 is 15.9 Å². The van der Waals surface area contributed by atoms with Crippen LogP contribution < -0.4 is 10.1 Å². The molecule has 0 aliphatic carbocycles. The Hall–Kier alpha value is -2.59. The molecular weight excluding hydrogens is 445 g/mol. The van der Waals surface area contributed by atoms with Crippen LogP contribution in [0.1, 0.15) is 30.4 Å². The summed E-state index contributed by atoms with van der Waals surface area (Å²) in [7, 11) is -3.45. The van der Waals surface area contributed by atoms with Crippen LogP contribution in [0.3, 0.4) is 0 Å². The smallest absolute Gasteiger partial charge is 0.416 e. The quantitative estimate of drug-likeness (QED) is 0.568. The molecule has 0 atom stereocenters. The molecule has 174 valence electrons. The van der Waals surface area contributed by atoms with Crippen molar-refractivity contribution in [2.45, 2.75) is 36.8 Å². The number of halogens is 3. The lowest BCUT2D eigenvalue weighted by Crippen LogP contribution is -2.28. The first kappa shape index (κ1) is 24.1. The third kappa shape index (κ3) is 6.46. The minimum Gasteiger partial charge on any atom is -0.492 e. The molecule has 1 N–H and O–H groups in total. The lowest BCUT2D eigenvalue weighted by molar-refractivity contribution is -0.137. The second-order valence-corrected chi connectivity index (χ2v) is 9.41. The monoisotopic (exact) mass is 470 g/mol. The van der Waals surface area contributed by atoms with Crippen molar-refractivity contribution in [3.05, 3.63) is 59.7 Å². The third-order valence-corrected chi connectivity index (χ3v) is 7.05. The maximum atomic E-state index is 12.5. The Morgan fingerprint density at radius 1 is 1.00 bits per heavy atom. The average Bonchev–Trinajstić information content (AvgIpc) is 3.31. The van der Waals surface area contributed by atoms with Crippen molar-refractivity contribution in [3.8, 4) is 5.75 Å². The fourth-order valence-electron chi connectivity index (χ4n) is 3.35. The van der Waals surface area contributed by atoms with E-state index < -0.39 is 21.8 Å². The van der Waals surface area contributed by atoms with E-state index in [9.17, 15) is 26.4 Å². The van der Waals surface area contributed by atoms with Crippen LogP contribution in [0, 0.1) is 0 Å². The van der Waals surface area contributed by atoms with E-state index in [1.54, 1.807) is 24.3 Å². The zero-order valence-electron chi connectivity index (χ0n) is 17.4. The van der Waals surface area contributed by atoms with Crippen LogP contribution in [-0.2, 0) is 27.4 Å². The molecule has 3 rings (SSSR count). The minimum atomic E-state index is -4.39.